The van der Waals surface area contributed by atoms with Gasteiger partial charge in [0.05, 0.1) is 17.8 Å². The normalized spacial score (nSPS) is 16.0. The number of sulfone groups is 1. The van der Waals surface area contributed by atoms with Gasteiger partial charge in [-0.1, -0.05) is 58.8 Å². The molecule has 15 heteroatoms. The molecule has 1 aliphatic heterocycles. The van der Waals surface area contributed by atoms with Crippen molar-refractivity contribution in [1.82, 2.24) is 15.5 Å². The molecule has 11 nitrogen and oxygen atoms in total. The first-order valence-corrected chi connectivity index (χ1v) is 22.1. The van der Waals surface area contributed by atoms with Gasteiger partial charge in [0, 0.05) is 16.9 Å². The van der Waals surface area contributed by atoms with Crippen molar-refractivity contribution in [3.63, 3.8) is 0 Å². The largest absolute Gasteiger partial charge is 0.543 e. The highest BCUT2D eigenvalue weighted by atomic mass is 32.2. The fourth-order valence-electron chi connectivity index (χ4n) is 6.45. The van der Waals surface area contributed by atoms with E-state index < -0.39 is 52.4 Å². The Kier molecular flexibility index (Phi) is 11.8. The van der Waals surface area contributed by atoms with Gasteiger partial charge >= 0.3 is 6.09 Å². The minimum atomic E-state index is -3.66. The first-order chi connectivity index (χ1) is 23.5. The summed E-state index contributed by atoms with van der Waals surface area (Å²) in [5.41, 5.74) is 1.44. The number of nitrogens with zero attached hydrogens (tertiary/aromatic N) is 3. The van der Waals surface area contributed by atoms with Crippen LogP contribution in [0.15, 0.2) is 45.8 Å². The molecule has 1 N–H and O–H groups in total. The summed E-state index contributed by atoms with van der Waals surface area (Å²) < 4.78 is 56.7. The van der Waals surface area contributed by atoms with Crippen molar-refractivity contribution in [2.24, 2.45) is 0 Å². The highest BCUT2D eigenvalue weighted by molar-refractivity contribution is 7.99. The molecule has 0 fully saturated rings. The van der Waals surface area contributed by atoms with Crippen LogP contribution in [0, 0.1) is 5.82 Å². The Morgan fingerprint density at radius 3 is 2.18 bits per heavy atom. The first-order valence-electron chi connectivity index (χ1n) is 17.1. The molecular formula is C36H51FN4O7S2Si. The average Bonchev–Trinajstić information content (AvgIpc) is 3.46. The minimum Gasteiger partial charge on any atom is -0.543 e. The number of hydrogen-bond donors (Lipinski definition) is 1. The smallest absolute Gasteiger partial charge is 0.408 e. The number of ether oxygens (including phenoxy) is 1. The summed E-state index contributed by atoms with van der Waals surface area (Å²) in [6.07, 6.45) is 0.305. The molecule has 2 aromatic carbocycles. The average molecular weight is 763 g/mol. The molecule has 0 bridgehead atoms. The molecule has 4 rings (SSSR count). The van der Waals surface area contributed by atoms with E-state index in [1.807, 2.05) is 24.3 Å². The Balaban J connectivity index is 1.76. The SMILES string of the molecule is CC(C)[Si](Oc1ccc(CN2C(=O)[C@@H](NC(=O)OC(C)(C)C)CSc3cc(F)c(-c4noc(C(C)(C)S(C)(=O)=O)n4)cc32)cc1)(C(C)C)C(C)C. The van der Waals surface area contributed by atoms with Crippen LogP contribution in [-0.4, -0.2) is 62.5 Å². The lowest BCUT2D eigenvalue weighted by molar-refractivity contribution is -0.120. The summed E-state index contributed by atoms with van der Waals surface area (Å²) in [5.74, 6) is -0.594. The maximum Gasteiger partial charge on any atom is 0.408 e. The van der Waals surface area contributed by atoms with Crippen molar-refractivity contribution >= 4 is 47.6 Å². The number of amides is 2. The zero-order valence-electron chi connectivity index (χ0n) is 31.6. The molecule has 0 aliphatic carbocycles. The molecule has 2 heterocycles. The first kappa shape index (κ1) is 40.3. The van der Waals surface area contributed by atoms with E-state index in [0.717, 1.165) is 17.6 Å². The summed E-state index contributed by atoms with van der Waals surface area (Å²) in [5, 5.41) is 6.60. The van der Waals surface area contributed by atoms with Crippen molar-refractivity contribution in [2.45, 2.75) is 121 Å². The molecule has 0 spiro atoms. The quantitative estimate of drug-likeness (QED) is 0.190. The molecule has 2 amide bonds. The number of carbonyl (C=O) groups excluding carboxylic acids is 2. The van der Waals surface area contributed by atoms with E-state index in [9.17, 15) is 18.0 Å². The van der Waals surface area contributed by atoms with Gasteiger partial charge in [-0.2, -0.15) is 4.98 Å². The van der Waals surface area contributed by atoms with Gasteiger partial charge in [0.25, 0.3) is 14.2 Å². The number of hydrogen-bond acceptors (Lipinski definition) is 10. The van der Waals surface area contributed by atoms with Crippen molar-refractivity contribution in [3.05, 3.63) is 53.7 Å². The number of aromatic nitrogens is 2. The van der Waals surface area contributed by atoms with Gasteiger partial charge in [0.2, 0.25) is 11.7 Å². The van der Waals surface area contributed by atoms with E-state index >= 15 is 4.39 Å². The predicted molar refractivity (Wildman–Crippen MR) is 201 cm³/mol. The second-order valence-corrected chi connectivity index (χ2v) is 24.5. The van der Waals surface area contributed by atoms with Crippen LogP contribution in [0.1, 0.15) is 87.6 Å². The third kappa shape index (κ3) is 8.62. The zero-order valence-corrected chi connectivity index (χ0v) is 34.2. The Labute approximate surface area is 306 Å². The van der Waals surface area contributed by atoms with Crippen molar-refractivity contribution < 1.29 is 36.1 Å². The number of benzene rings is 2. The summed E-state index contributed by atoms with van der Waals surface area (Å²) in [6, 6.07) is 9.39. The molecule has 0 unspecified atom stereocenters. The number of thioether (sulfide) groups is 1. The third-order valence-electron chi connectivity index (χ3n) is 9.37. The zero-order chi connectivity index (χ0) is 38.3. The number of rotatable bonds is 11. The number of alkyl carbamates (subject to hydrolysis) is 1. The second-order valence-electron chi connectivity index (χ2n) is 15.5. The van der Waals surface area contributed by atoms with E-state index in [2.05, 4.69) is 57.0 Å². The molecule has 280 valence electrons. The van der Waals surface area contributed by atoms with Crippen molar-refractivity contribution in [1.29, 1.82) is 0 Å². The lowest BCUT2D eigenvalue weighted by atomic mass is 10.1. The molecule has 0 radical (unpaired) electrons. The molecule has 3 aromatic rings. The van der Waals surface area contributed by atoms with Gasteiger partial charge in [0.1, 0.15) is 28.0 Å². The van der Waals surface area contributed by atoms with E-state index in [1.54, 1.807) is 20.8 Å². The van der Waals surface area contributed by atoms with Gasteiger partial charge < -0.3 is 23.9 Å². The molecule has 1 atom stereocenters. The minimum absolute atomic E-state index is 0.0777. The maximum absolute atomic E-state index is 15.8. The van der Waals surface area contributed by atoms with Crippen LogP contribution in [-0.2, 0) is 30.7 Å². The van der Waals surface area contributed by atoms with Crippen LogP contribution in [0.25, 0.3) is 11.4 Å². The highest BCUT2D eigenvalue weighted by Crippen LogP contribution is 2.43. The highest BCUT2D eigenvalue weighted by Gasteiger charge is 2.47. The number of halogens is 1. The van der Waals surface area contributed by atoms with E-state index in [4.69, 9.17) is 13.7 Å². The summed E-state index contributed by atoms with van der Waals surface area (Å²) in [6.45, 7) is 21.5. The molecule has 51 heavy (non-hydrogen) atoms. The van der Waals surface area contributed by atoms with Crippen LogP contribution in [0.4, 0.5) is 14.9 Å². The maximum atomic E-state index is 15.8. The van der Waals surface area contributed by atoms with Crippen LogP contribution in [0.3, 0.4) is 0 Å². The van der Waals surface area contributed by atoms with Crippen molar-refractivity contribution in [2.75, 3.05) is 16.9 Å². The van der Waals surface area contributed by atoms with Crippen LogP contribution >= 0.6 is 11.8 Å². The lowest BCUT2D eigenvalue weighted by Gasteiger charge is -2.42. The monoisotopic (exact) mass is 762 g/mol. The van der Waals surface area contributed by atoms with Crippen LogP contribution < -0.4 is 14.6 Å². The number of anilines is 1. The van der Waals surface area contributed by atoms with Crippen LogP contribution in [0.2, 0.25) is 16.6 Å². The number of fused-ring (bicyclic) bond motifs is 1. The van der Waals surface area contributed by atoms with E-state index in [1.165, 1.54) is 42.6 Å². The Morgan fingerprint density at radius 1 is 1.06 bits per heavy atom. The molecular weight excluding hydrogens is 712 g/mol. The molecule has 1 aromatic heterocycles. The number of nitrogens with one attached hydrogen (secondary N) is 1. The van der Waals surface area contributed by atoms with Gasteiger partial charge in [-0.15, -0.1) is 11.8 Å². The summed E-state index contributed by atoms with van der Waals surface area (Å²) >= 11 is 1.21. The topological polar surface area (TPSA) is 141 Å². The van der Waals surface area contributed by atoms with E-state index in [-0.39, 0.29) is 29.6 Å². The molecule has 1 aliphatic rings. The fourth-order valence-corrected chi connectivity index (χ4v) is 13.2. The second kappa shape index (κ2) is 14.9. The summed E-state index contributed by atoms with van der Waals surface area (Å²) in [7, 11) is -5.86. The van der Waals surface area contributed by atoms with Crippen molar-refractivity contribution in [3.8, 4) is 17.1 Å². The number of carbonyl (C=O) groups is 2. The fraction of sp³-hybridized carbons (Fsp3) is 0.556. The standard InChI is InChI=1S/C36H51FN4O7S2Si/c1-21(2)51(22(3)4,23(5)6)48-25-15-13-24(14-16-25)19-41-29-17-26(31-39-33(47-40-31)36(10,11)50(12,44)45)27(37)18-30(29)49-20-28(32(41)42)38-34(43)46-35(7,8)9/h13-18,21-23,28H,19-20H2,1-12H3,(H,38,43)/t28-/m0/s1. The third-order valence-corrected chi connectivity index (χ3v) is 18.5. The van der Waals surface area contributed by atoms with Gasteiger partial charge in [-0.25, -0.2) is 17.6 Å². The predicted octanol–water partition coefficient (Wildman–Crippen LogP) is 8.24. The molecule has 0 saturated carbocycles. The summed E-state index contributed by atoms with van der Waals surface area (Å²) in [4.78, 5) is 33.3. The van der Waals surface area contributed by atoms with Gasteiger partial charge in [0.15, 0.2) is 9.84 Å². The van der Waals surface area contributed by atoms with Gasteiger partial charge in [-0.05, 0) is 81.1 Å². The lowest BCUT2D eigenvalue weighted by Crippen LogP contribution is -2.50. The van der Waals surface area contributed by atoms with Crippen LogP contribution in [0.5, 0.6) is 5.75 Å². The van der Waals surface area contributed by atoms with Gasteiger partial charge in [-0.3, -0.25) is 4.79 Å². The van der Waals surface area contributed by atoms with E-state index in [0.29, 0.717) is 27.2 Å². The Hall–Kier alpha value is -3.43. The Bertz CT molecular complexity index is 1830. The molecule has 0 saturated heterocycles. The Morgan fingerprint density at radius 2 is 1.65 bits per heavy atom.